The number of nitrogens with one attached hydrogen (secondary N) is 2. The second kappa shape index (κ2) is 5.53. The lowest BCUT2D eigenvalue weighted by Crippen LogP contribution is -1.98. The molecule has 2 N–H and O–H groups in total. The predicted molar refractivity (Wildman–Crippen MR) is 91.6 cm³/mol. The number of benzene rings is 2. The molecule has 0 spiro atoms. The number of hydrogen-bond donors (Lipinski definition) is 2. The summed E-state index contributed by atoms with van der Waals surface area (Å²) in [6, 6.07) is 16.1. The number of aryl methyl sites for hydroxylation is 1. The van der Waals surface area contributed by atoms with Gasteiger partial charge in [0.2, 0.25) is 5.95 Å². The van der Waals surface area contributed by atoms with Crippen LogP contribution in [0.3, 0.4) is 0 Å². The number of aromatic nitrogens is 4. The van der Waals surface area contributed by atoms with Crippen LogP contribution in [0.1, 0.15) is 5.56 Å². The molecule has 0 fully saturated rings. The Morgan fingerprint density at radius 3 is 2.87 bits per heavy atom. The fourth-order valence-corrected chi connectivity index (χ4v) is 2.52. The highest BCUT2D eigenvalue weighted by Crippen LogP contribution is 2.22. The number of fused-ring (bicyclic) bond motifs is 1. The highest BCUT2D eigenvalue weighted by Gasteiger charge is 2.05. The highest BCUT2D eigenvalue weighted by molar-refractivity contribution is 5.80. The summed E-state index contributed by atoms with van der Waals surface area (Å²) in [5, 5.41) is 3.24. The maximum absolute atomic E-state index is 4.60. The van der Waals surface area contributed by atoms with Gasteiger partial charge in [-0.1, -0.05) is 18.2 Å². The summed E-state index contributed by atoms with van der Waals surface area (Å²) < 4.78 is 0. The average molecular weight is 301 g/mol. The van der Waals surface area contributed by atoms with E-state index in [1.165, 1.54) is 5.56 Å². The first kappa shape index (κ1) is 13.5. The maximum Gasteiger partial charge on any atom is 0.227 e. The van der Waals surface area contributed by atoms with Gasteiger partial charge in [-0.05, 0) is 42.8 Å². The zero-order chi connectivity index (χ0) is 15.6. The van der Waals surface area contributed by atoms with Gasteiger partial charge in [-0.15, -0.1) is 0 Å². The molecule has 23 heavy (non-hydrogen) atoms. The van der Waals surface area contributed by atoms with E-state index in [9.17, 15) is 0 Å². The SMILES string of the molecule is Cc1cccc(Nc2nccc(-c3ccc4[nH]cnc4c3)n2)c1. The fourth-order valence-electron chi connectivity index (χ4n) is 2.52. The van der Waals surface area contributed by atoms with Crippen molar-refractivity contribution in [3.05, 3.63) is 66.6 Å². The van der Waals surface area contributed by atoms with Crippen LogP contribution in [0.25, 0.3) is 22.3 Å². The molecule has 5 heteroatoms. The van der Waals surface area contributed by atoms with E-state index < -0.39 is 0 Å². The summed E-state index contributed by atoms with van der Waals surface area (Å²) in [4.78, 5) is 16.3. The normalized spacial score (nSPS) is 10.8. The van der Waals surface area contributed by atoms with Crippen molar-refractivity contribution in [3.8, 4) is 11.3 Å². The molecule has 5 nitrogen and oxygen atoms in total. The van der Waals surface area contributed by atoms with Crippen molar-refractivity contribution in [2.75, 3.05) is 5.32 Å². The van der Waals surface area contributed by atoms with E-state index in [1.807, 2.05) is 36.4 Å². The van der Waals surface area contributed by atoms with Crippen molar-refractivity contribution in [2.24, 2.45) is 0 Å². The van der Waals surface area contributed by atoms with Crippen molar-refractivity contribution >= 4 is 22.7 Å². The van der Waals surface area contributed by atoms with Gasteiger partial charge in [-0.3, -0.25) is 0 Å². The Morgan fingerprint density at radius 1 is 1.00 bits per heavy atom. The van der Waals surface area contributed by atoms with Crippen molar-refractivity contribution in [2.45, 2.75) is 6.92 Å². The first-order chi connectivity index (χ1) is 11.3. The molecule has 0 aliphatic rings. The number of hydrogen-bond acceptors (Lipinski definition) is 4. The second-order valence-electron chi connectivity index (χ2n) is 5.39. The van der Waals surface area contributed by atoms with E-state index in [2.05, 4.69) is 44.3 Å². The molecule has 0 aliphatic carbocycles. The van der Waals surface area contributed by atoms with Gasteiger partial charge in [-0.25, -0.2) is 15.0 Å². The van der Waals surface area contributed by atoms with E-state index in [4.69, 9.17) is 0 Å². The van der Waals surface area contributed by atoms with Gasteiger partial charge in [0.15, 0.2) is 0 Å². The molecular weight excluding hydrogens is 286 g/mol. The quantitative estimate of drug-likeness (QED) is 0.598. The summed E-state index contributed by atoms with van der Waals surface area (Å²) in [5.74, 6) is 0.579. The monoisotopic (exact) mass is 301 g/mol. The third-order valence-corrected chi connectivity index (χ3v) is 3.65. The van der Waals surface area contributed by atoms with Crippen LogP contribution in [0.15, 0.2) is 61.1 Å². The number of rotatable bonds is 3. The van der Waals surface area contributed by atoms with Crippen LogP contribution >= 0.6 is 0 Å². The zero-order valence-corrected chi connectivity index (χ0v) is 12.6. The molecule has 0 saturated carbocycles. The molecule has 2 aromatic heterocycles. The fraction of sp³-hybridized carbons (Fsp3) is 0.0556. The summed E-state index contributed by atoms with van der Waals surface area (Å²) in [5.41, 5.74) is 5.98. The standard InChI is InChI=1S/C18H15N5/c1-12-3-2-4-14(9-12)22-18-19-8-7-15(23-18)13-5-6-16-17(10-13)21-11-20-16/h2-11H,1H3,(H,20,21)(H,19,22,23). The van der Waals surface area contributed by atoms with Crippen LogP contribution in [-0.4, -0.2) is 19.9 Å². The van der Waals surface area contributed by atoms with Crippen LogP contribution in [0, 0.1) is 6.92 Å². The van der Waals surface area contributed by atoms with Gasteiger partial charge in [0.1, 0.15) is 0 Å². The lowest BCUT2D eigenvalue weighted by molar-refractivity contribution is 1.17. The lowest BCUT2D eigenvalue weighted by atomic mass is 10.1. The molecule has 4 aromatic rings. The van der Waals surface area contributed by atoms with E-state index >= 15 is 0 Å². The number of anilines is 2. The summed E-state index contributed by atoms with van der Waals surface area (Å²) in [6.45, 7) is 2.06. The van der Waals surface area contributed by atoms with Crippen LogP contribution in [0.5, 0.6) is 0 Å². The van der Waals surface area contributed by atoms with Gasteiger partial charge < -0.3 is 10.3 Å². The van der Waals surface area contributed by atoms with Gasteiger partial charge in [0.05, 0.1) is 23.1 Å². The molecule has 4 rings (SSSR count). The molecule has 0 unspecified atom stereocenters. The summed E-state index contributed by atoms with van der Waals surface area (Å²) >= 11 is 0. The maximum atomic E-state index is 4.60. The van der Waals surface area contributed by atoms with Crippen molar-refractivity contribution < 1.29 is 0 Å². The van der Waals surface area contributed by atoms with Crippen molar-refractivity contribution in [1.29, 1.82) is 0 Å². The predicted octanol–water partition coefficient (Wildman–Crippen LogP) is 4.07. The lowest BCUT2D eigenvalue weighted by Gasteiger charge is -2.07. The first-order valence-corrected chi connectivity index (χ1v) is 7.38. The first-order valence-electron chi connectivity index (χ1n) is 7.38. The molecule has 2 heterocycles. The number of nitrogens with zero attached hydrogens (tertiary/aromatic N) is 3. The molecule has 0 bridgehead atoms. The Bertz CT molecular complexity index is 974. The summed E-state index contributed by atoms with van der Waals surface area (Å²) in [6.07, 6.45) is 3.45. The van der Waals surface area contributed by atoms with Crippen molar-refractivity contribution in [3.63, 3.8) is 0 Å². The third-order valence-electron chi connectivity index (χ3n) is 3.65. The number of aromatic amines is 1. The molecule has 112 valence electrons. The topological polar surface area (TPSA) is 66.5 Å². The average Bonchev–Trinajstić information content (AvgIpc) is 3.03. The minimum atomic E-state index is 0.579. The number of H-pyrrole nitrogens is 1. The Balaban J connectivity index is 1.67. The molecule has 0 aliphatic heterocycles. The van der Waals surface area contributed by atoms with Crippen LogP contribution < -0.4 is 5.32 Å². The van der Waals surface area contributed by atoms with Gasteiger partial charge in [0.25, 0.3) is 0 Å². The molecule has 0 saturated heterocycles. The Kier molecular flexibility index (Phi) is 3.24. The van der Waals surface area contributed by atoms with Crippen LogP contribution in [0.4, 0.5) is 11.6 Å². The summed E-state index contributed by atoms with van der Waals surface area (Å²) in [7, 11) is 0. The smallest absolute Gasteiger partial charge is 0.227 e. The Morgan fingerprint density at radius 2 is 1.96 bits per heavy atom. The molecule has 0 radical (unpaired) electrons. The Labute approximate surface area is 133 Å². The van der Waals surface area contributed by atoms with E-state index in [0.29, 0.717) is 5.95 Å². The second-order valence-corrected chi connectivity index (χ2v) is 5.39. The number of imidazole rings is 1. The molecule has 2 aromatic carbocycles. The van der Waals surface area contributed by atoms with Crippen LogP contribution in [-0.2, 0) is 0 Å². The van der Waals surface area contributed by atoms with Gasteiger partial charge in [0, 0.05) is 17.4 Å². The molecular formula is C18H15N5. The minimum absolute atomic E-state index is 0.579. The largest absolute Gasteiger partial charge is 0.345 e. The van der Waals surface area contributed by atoms with Gasteiger partial charge >= 0.3 is 0 Å². The van der Waals surface area contributed by atoms with Crippen LogP contribution in [0.2, 0.25) is 0 Å². The van der Waals surface area contributed by atoms with E-state index in [-0.39, 0.29) is 0 Å². The van der Waals surface area contributed by atoms with E-state index in [1.54, 1.807) is 12.5 Å². The third kappa shape index (κ3) is 2.76. The van der Waals surface area contributed by atoms with E-state index in [0.717, 1.165) is 28.0 Å². The molecule has 0 amide bonds. The van der Waals surface area contributed by atoms with Crippen molar-refractivity contribution in [1.82, 2.24) is 19.9 Å². The zero-order valence-electron chi connectivity index (χ0n) is 12.6. The minimum Gasteiger partial charge on any atom is -0.345 e. The molecule has 0 atom stereocenters. The van der Waals surface area contributed by atoms with Gasteiger partial charge in [-0.2, -0.15) is 0 Å². The Hall–Kier alpha value is -3.21. The highest BCUT2D eigenvalue weighted by atomic mass is 15.1.